The molecule has 4 N–H and O–H groups in total. The number of anilines is 2. The fourth-order valence-electron chi connectivity index (χ4n) is 3.26. The lowest BCUT2D eigenvalue weighted by Gasteiger charge is -2.35. The minimum atomic E-state index is -4.61. The molecular formula is C20H25F2N5O8S. The summed E-state index contributed by atoms with van der Waals surface area (Å²) in [6.45, 7) is 0.252. The van der Waals surface area contributed by atoms with Crippen LogP contribution in [-0.2, 0) is 14.8 Å². The van der Waals surface area contributed by atoms with E-state index in [4.69, 9.17) is 14.6 Å². The minimum Gasteiger partial charge on any atom is -0.484 e. The smallest absolute Gasteiger partial charge is 0.409 e. The van der Waals surface area contributed by atoms with Crippen LogP contribution in [0.2, 0.25) is 0 Å². The normalized spacial score (nSPS) is 15.8. The third-order valence-corrected chi connectivity index (χ3v) is 6.67. The molecule has 1 unspecified atom stereocenters. The quantitative estimate of drug-likeness (QED) is 0.374. The maximum absolute atomic E-state index is 13.7. The Kier molecular flexibility index (Phi) is 7.59. The Hall–Kier alpha value is -3.66. The summed E-state index contributed by atoms with van der Waals surface area (Å²) >= 11 is 0. The van der Waals surface area contributed by atoms with E-state index in [9.17, 15) is 31.9 Å². The van der Waals surface area contributed by atoms with E-state index >= 15 is 0 Å². The van der Waals surface area contributed by atoms with Crippen LogP contribution in [0, 0.1) is 0 Å². The zero-order valence-electron chi connectivity index (χ0n) is 19.4. The van der Waals surface area contributed by atoms with Gasteiger partial charge in [0.05, 0.1) is 31.6 Å². The molecule has 36 heavy (non-hydrogen) atoms. The van der Waals surface area contributed by atoms with Crippen molar-refractivity contribution >= 4 is 33.4 Å². The molecule has 1 aliphatic rings. The highest BCUT2D eigenvalue weighted by Crippen LogP contribution is 2.40. The standard InChI is InChI=1S/C20H25F2N5O8S/c1-4-34-16-15(10-26(25-16)18(21)22)36(32,33)27-9-12(8-23-17(28)20(2,3)31)35-14-6-5-11(7-13(14)27)24-19(29)30/h5-7,10,12,18,24,31H,4,8-9H2,1-3H3,(H,23,28)(H,29,30). The number of halogens is 2. The van der Waals surface area contributed by atoms with Gasteiger partial charge in [-0.1, -0.05) is 0 Å². The third-order valence-electron chi connectivity index (χ3n) is 4.90. The van der Waals surface area contributed by atoms with Crippen LogP contribution in [0.3, 0.4) is 0 Å². The number of rotatable bonds is 9. The minimum absolute atomic E-state index is 0.0162. The number of aliphatic hydroxyl groups is 1. The number of carbonyl (C=O) groups excluding carboxylic acids is 1. The molecule has 3 rings (SSSR count). The highest BCUT2D eigenvalue weighted by molar-refractivity contribution is 7.93. The zero-order chi connectivity index (χ0) is 26.8. The van der Waals surface area contributed by atoms with Crippen molar-refractivity contribution in [2.45, 2.75) is 43.9 Å². The van der Waals surface area contributed by atoms with Crippen LogP contribution in [-0.4, -0.2) is 71.8 Å². The molecule has 16 heteroatoms. The number of carbonyl (C=O) groups is 2. The van der Waals surface area contributed by atoms with E-state index in [1.165, 1.54) is 39.0 Å². The second-order valence-corrected chi connectivity index (χ2v) is 9.98. The molecule has 198 valence electrons. The number of hydrogen-bond acceptors (Lipinski definition) is 8. The van der Waals surface area contributed by atoms with Crippen molar-refractivity contribution in [3.05, 3.63) is 24.4 Å². The van der Waals surface area contributed by atoms with Crippen LogP contribution in [0.4, 0.5) is 25.0 Å². The first-order chi connectivity index (χ1) is 16.7. The Balaban J connectivity index is 2.06. The summed E-state index contributed by atoms with van der Waals surface area (Å²) in [4.78, 5) is 22.5. The highest BCUT2D eigenvalue weighted by atomic mass is 32.2. The molecule has 1 atom stereocenters. The number of carboxylic acid groups (broad SMARTS) is 1. The van der Waals surface area contributed by atoms with Crippen molar-refractivity contribution in [3.63, 3.8) is 0 Å². The summed E-state index contributed by atoms with van der Waals surface area (Å²) in [6, 6.07) is 3.85. The predicted molar refractivity (Wildman–Crippen MR) is 121 cm³/mol. The van der Waals surface area contributed by atoms with Gasteiger partial charge in [0.15, 0.2) is 4.90 Å². The van der Waals surface area contributed by atoms with E-state index in [-0.39, 0.29) is 35.0 Å². The molecule has 1 aliphatic heterocycles. The molecule has 0 radical (unpaired) electrons. The van der Waals surface area contributed by atoms with E-state index in [0.29, 0.717) is 6.20 Å². The fraction of sp³-hybridized carbons (Fsp3) is 0.450. The lowest BCUT2D eigenvalue weighted by Crippen LogP contribution is -2.51. The Morgan fingerprint density at radius 3 is 2.64 bits per heavy atom. The molecule has 13 nitrogen and oxygen atoms in total. The number of aromatic nitrogens is 2. The largest absolute Gasteiger partial charge is 0.484 e. The summed E-state index contributed by atoms with van der Waals surface area (Å²) in [5, 5.41) is 26.9. The van der Waals surface area contributed by atoms with Crippen LogP contribution in [0.1, 0.15) is 27.3 Å². The van der Waals surface area contributed by atoms with Gasteiger partial charge in [-0.25, -0.2) is 17.9 Å². The number of sulfonamides is 1. The van der Waals surface area contributed by atoms with Crippen LogP contribution in [0.25, 0.3) is 0 Å². The van der Waals surface area contributed by atoms with E-state index in [1.807, 2.05) is 0 Å². The molecule has 2 aromatic rings. The monoisotopic (exact) mass is 533 g/mol. The van der Waals surface area contributed by atoms with Gasteiger partial charge >= 0.3 is 12.6 Å². The van der Waals surface area contributed by atoms with Crippen LogP contribution >= 0.6 is 0 Å². The molecule has 0 spiro atoms. The number of alkyl halides is 2. The van der Waals surface area contributed by atoms with Gasteiger partial charge in [0.1, 0.15) is 17.5 Å². The molecule has 0 saturated carbocycles. The average molecular weight is 534 g/mol. The molecule has 0 aliphatic carbocycles. The van der Waals surface area contributed by atoms with Gasteiger partial charge in [0, 0.05) is 5.69 Å². The second kappa shape index (κ2) is 10.1. The molecular weight excluding hydrogens is 508 g/mol. The number of nitrogens with one attached hydrogen (secondary N) is 2. The first kappa shape index (κ1) is 26.9. The van der Waals surface area contributed by atoms with Crippen molar-refractivity contribution in [1.29, 1.82) is 0 Å². The number of hydrogen-bond donors (Lipinski definition) is 4. The fourth-order valence-corrected chi connectivity index (χ4v) is 4.82. The number of benzene rings is 1. The third kappa shape index (κ3) is 5.76. The highest BCUT2D eigenvalue weighted by Gasteiger charge is 2.39. The van der Waals surface area contributed by atoms with Crippen molar-refractivity contribution in [3.8, 4) is 11.6 Å². The number of ether oxygens (including phenoxy) is 2. The van der Waals surface area contributed by atoms with Gasteiger partial charge in [-0.15, -0.1) is 5.10 Å². The predicted octanol–water partition coefficient (Wildman–Crippen LogP) is 1.61. The SMILES string of the molecule is CCOc1nn(C(F)F)cc1S(=O)(=O)N1CC(CNC(=O)C(C)(C)O)Oc2ccc(NC(=O)O)cc21. The van der Waals surface area contributed by atoms with Gasteiger partial charge in [-0.2, -0.15) is 8.78 Å². The first-order valence-electron chi connectivity index (χ1n) is 10.6. The number of fused-ring (bicyclic) bond motifs is 1. The van der Waals surface area contributed by atoms with Crippen molar-refractivity contribution < 1.29 is 46.5 Å². The average Bonchev–Trinajstić information content (AvgIpc) is 3.21. The summed E-state index contributed by atoms with van der Waals surface area (Å²) in [6.07, 6.45) is -1.73. The molecule has 1 aromatic carbocycles. The summed E-state index contributed by atoms with van der Waals surface area (Å²) in [5.41, 5.74) is -1.77. The molecule has 2 heterocycles. The van der Waals surface area contributed by atoms with E-state index in [0.717, 1.165) is 4.31 Å². The Morgan fingerprint density at radius 2 is 2.06 bits per heavy atom. The molecule has 0 saturated heterocycles. The Morgan fingerprint density at radius 1 is 1.36 bits per heavy atom. The summed E-state index contributed by atoms with van der Waals surface area (Å²) < 4.78 is 65.8. The van der Waals surface area contributed by atoms with Crippen molar-refractivity contribution in [1.82, 2.24) is 15.1 Å². The van der Waals surface area contributed by atoms with Gasteiger partial charge in [-0.05, 0) is 39.0 Å². The van der Waals surface area contributed by atoms with Crippen molar-refractivity contribution in [2.75, 3.05) is 29.3 Å². The molecule has 0 bridgehead atoms. The van der Waals surface area contributed by atoms with Gasteiger partial charge < -0.3 is 25.0 Å². The van der Waals surface area contributed by atoms with Gasteiger partial charge in [-0.3, -0.25) is 14.4 Å². The van der Waals surface area contributed by atoms with Crippen LogP contribution in [0.15, 0.2) is 29.3 Å². The van der Waals surface area contributed by atoms with E-state index in [1.54, 1.807) is 0 Å². The van der Waals surface area contributed by atoms with Gasteiger partial charge in [0.2, 0.25) is 0 Å². The Labute approximate surface area is 204 Å². The molecule has 2 amide bonds. The van der Waals surface area contributed by atoms with Crippen LogP contribution in [0.5, 0.6) is 11.6 Å². The maximum atomic E-state index is 13.7. The number of amides is 2. The van der Waals surface area contributed by atoms with E-state index in [2.05, 4.69) is 15.7 Å². The zero-order valence-corrected chi connectivity index (χ0v) is 20.3. The van der Waals surface area contributed by atoms with Gasteiger partial charge in [0.25, 0.3) is 21.8 Å². The molecule has 0 fully saturated rings. The van der Waals surface area contributed by atoms with E-state index < -0.39 is 57.6 Å². The number of nitrogens with zero attached hydrogens (tertiary/aromatic N) is 3. The maximum Gasteiger partial charge on any atom is 0.409 e. The lowest BCUT2D eigenvalue weighted by molar-refractivity contribution is -0.136. The second-order valence-electron chi connectivity index (χ2n) is 8.15. The molecule has 1 aromatic heterocycles. The lowest BCUT2D eigenvalue weighted by atomic mass is 10.1. The van der Waals surface area contributed by atoms with Crippen LogP contribution < -0.4 is 24.4 Å². The summed E-state index contributed by atoms with van der Waals surface area (Å²) in [7, 11) is -4.61. The summed E-state index contributed by atoms with van der Waals surface area (Å²) in [5.74, 6) is -1.26. The van der Waals surface area contributed by atoms with Crippen molar-refractivity contribution in [2.24, 2.45) is 0 Å². The topological polar surface area (TPSA) is 172 Å². The first-order valence-corrected chi connectivity index (χ1v) is 12.0. The Bertz CT molecular complexity index is 1250.